The number of rotatable bonds is 6. The molecule has 1 unspecified atom stereocenters. The third-order valence-electron chi connectivity index (χ3n) is 5.18. The monoisotopic (exact) mass is 526 g/mol. The number of carbonyl (C=O) groups is 2. The van der Waals surface area contributed by atoms with Crippen LogP contribution in [-0.2, 0) is 28.3 Å². The molecule has 2 N–H and O–H groups in total. The Labute approximate surface area is 208 Å². The number of aromatic amines is 1. The van der Waals surface area contributed by atoms with E-state index in [1.165, 1.54) is 0 Å². The van der Waals surface area contributed by atoms with Crippen LogP contribution in [0.5, 0.6) is 0 Å². The normalized spacial score (nSPS) is 13.6. The number of benzene rings is 2. The van der Waals surface area contributed by atoms with Gasteiger partial charge < -0.3 is 15.0 Å². The molecule has 2 aromatic carbocycles. The third-order valence-corrected chi connectivity index (χ3v) is 5.18. The van der Waals surface area contributed by atoms with Crippen LogP contribution in [0.2, 0.25) is 0 Å². The van der Waals surface area contributed by atoms with Gasteiger partial charge in [-0.1, -0.05) is 24.3 Å². The lowest BCUT2D eigenvalue weighted by Gasteiger charge is -2.22. The minimum Gasteiger partial charge on any atom is -0.444 e. The van der Waals surface area contributed by atoms with Gasteiger partial charge in [0.2, 0.25) is 0 Å². The zero-order valence-electron chi connectivity index (χ0n) is 20.1. The Kier molecular flexibility index (Phi) is 7.75. The summed E-state index contributed by atoms with van der Waals surface area (Å²) in [6.45, 7) is 4.86. The van der Waals surface area contributed by atoms with Gasteiger partial charge in [-0.25, -0.2) is 4.79 Å². The molecule has 1 amide bonds. The number of ether oxygens (including phenoxy) is 1. The summed E-state index contributed by atoms with van der Waals surface area (Å²) in [6.07, 6.45) is -7.62. The average molecular weight is 526 g/mol. The average Bonchev–Trinajstić information content (AvgIpc) is 3.17. The van der Waals surface area contributed by atoms with Crippen molar-refractivity contribution in [3.63, 3.8) is 0 Å². The van der Waals surface area contributed by atoms with E-state index in [1.807, 2.05) is 6.07 Å². The largest absolute Gasteiger partial charge is 0.444 e. The minimum atomic E-state index is -5.02. The Morgan fingerprint density at radius 3 is 2.14 bits per heavy atom. The van der Waals surface area contributed by atoms with E-state index in [-0.39, 0.29) is 12.5 Å². The molecule has 37 heavy (non-hydrogen) atoms. The predicted molar refractivity (Wildman–Crippen MR) is 126 cm³/mol. The molecule has 0 spiro atoms. The number of hydrogen-bond donors (Lipinski definition) is 2. The van der Waals surface area contributed by atoms with E-state index < -0.39 is 52.6 Å². The highest BCUT2D eigenvalue weighted by Gasteiger charge is 2.36. The van der Waals surface area contributed by atoms with Crippen molar-refractivity contribution in [1.29, 1.82) is 0 Å². The maximum absolute atomic E-state index is 13.2. The van der Waals surface area contributed by atoms with Crippen molar-refractivity contribution in [2.75, 3.05) is 0 Å². The molecule has 1 heterocycles. The third kappa shape index (κ3) is 7.61. The van der Waals surface area contributed by atoms with E-state index in [1.54, 1.807) is 45.2 Å². The fraction of sp³-hybridized carbons (Fsp3) is 0.308. The Bertz CT molecular complexity index is 1280. The number of aromatic nitrogens is 1. The van der Waals surface area contributed by atoms with Gasteiger partial charge in [0, 0.05) is 23.5 Å². The van der Waals surface area contributed by atoms with E-state index in [2.05, 4.69) is 10.3 Å². The molecule has 1 aromatic heterocycles. The second-order valence-electron chi connectivity index (χ2n) is 9.34. The van der Waals surface area contributed by atoms with Crippen LogP contribution >= 0.6 is 0 Å². The van der Waals surface area contributed by atoms with Gasteiger partial charge in [-0.3, -0.25) is 4.79 Å². The van der Waals surface area contributed by atoms with E-state index in [0.717, 1.165) is 23.1 Å². The summed E-state index contributed by atoms with van der Waals surface area (Å²) >= 11 is 0. The molecule has 198 valence electrons. The lowest BCUT2D eigenvalue weighted by Crippen LogP contribution is -2.44. The molecule has 0 bridgehead atoms. The number of H-pyrrole nitrogens is 1. The van der Waals surface area contributed by atoms with Crippen molar-refractivity contribution < 1.29 is 40.7 Å². The van der Waals surface area contributed by atoms with Gasteiger partial charge in [-0.2, -0.15) is 26.3 Å². The molecule has 3 rings (SSSR count). The fourth-order valence-electron chi connectivity index (χ4n) is 3.56. The van der Waals surface area contributed by atoms with Gasteiger partial charge in [0.05, 0.1) is 17.2 Å². The molecule has 3 aromatic rings. The van der Waals surface area contributed by atoms with Crippen LogP contribution in [0.4, 0.5) is 31.1 Å². The summed E-state index contributed by atoms with van der Waals surface area (Å²) in [5.41, 5.74) is -2.91. The number of alkyl halides is 6. The number of alkyl carbamates (subject to hydrolysis) is 1. The molecule has 0 aliphatic rings. The molecule has 0 saturated carbocycles. The first-order valence-electron chi connectivity index (χ1n) is 11.1. The summed E-state index contributed by atoms with van der Waals surface area (Å²) < 4.78 is 84.2. The maximum Gasteiger partial charge on any atom is 0.416 e. The van der Waals surface area contributed by atoms with Crippen molar-refractivity contribution >= 4 is 28.9 Å². The van der Waals surface area contributed by atoms with Crippen LogP contribution in [0.15, 0.2) is 54.7 Å². The maximum atomic E-state index is 13.2. The van der Waals surface area contributed by atoms with Crippen LogP contribution in [0, 0.1) is 0 Å². The van der Waals surface area contributed by atoms with Crippen LogP contribution in [0.25, 0.3) is 17.0 Å². The fourth-order valence-corrected chi connectivity index (χ4v) is 3.56. The topological polar surface area (TPSA) is 71.2 Å². The van der Waals surface area contributed by atoms with Crippen molar-refractivity contribution in [1.82, 2.24) is 10.3 Å². The van der Waals surface area contributed by atoms with E-state index in [4.69, 9.17) is 4.74 Å². The molecule has 0 fully saturated rings. The summed E-state index contributed by atoms with van der Waals surface area (Å²) in [6, 6.07) is 7.00. The van der Waals surface area contributed by atoms with Gasteiger partial charge in [-0.15, -0.1) is 0 Å². The minimum absolute atomic E-state index is 0.00301. The highest BCUT2D eigenvalue weighted by molar-refractivity contribution is 5.99. The van der Waals surface area contributed by atoms with Gasteiger partial charge in [0.1, 0.15) is 5.60 Å². The number of halogens is 6. The summed E-state index contributed by atoms with van der Waals surface area (Å²) in [4.78, 5) is 28.5. The molecule has 0 radical (unpaired) electrons. The lowest BCUT2D eigenvalue weighted by atomic mass is 10.00. The lowest BCUT2D eigenvalue weighted by molar-refractivity contribution is -0.143. The number of hydrogen-bond acceptors (Lipinski definition) is 3. The van der Waals surface area contributed by atoms with E-state index >= 15 is 0 Å². The van der Waals surface area contributed by atoms with Crippen LogP contribution < -0.4 is 5.32 Å². The molecular weight excluding hydrogens is 502 g/mol. The van der Waals surface area contributed by atoms with Crippen LogP contribution in [-0.4, -0.2) is 28.5 Å². The predicted octanol–water partition coefficient (Wildman–Crippen LogP) is 6.92. The van der Waals surface area contributed by atoms with Crippen molar-refractivity contribution in [3.8, 4) is 0 Å². The van der Waals surface area contributed by atoms with Crippen molar-refractivity contribution in [2.45, 2.75) is 51.2 Å². The SMILES string of the molecule is CC(C)(C)OC(=O)NC(Cc1c[nH]c2ccccc12)C(=O)/C=C/c1cc(C(F)(F)F)cc(C(F)(F)F)c1. The summed E-state index contributed by atoms with van der Waals surface area (Å²) in [7, 11) is 0. The zero-order valence-corrected chi connectivity index (χ0v) is 20.1. The highest BCUT2D eigenvalue weighted by Crippen LogP contribution is 2.36. The van der Waals surface area contributed by atoms with Gasteiger partial charge in [-0.05, 0) is 62.2 Å². The van der Waals surface area contributed by atoms with Gasteiger partial charge in [0.25, 0.3) is 0 Å². The Balaban J connectivity index is 1.93. The first-order valence-corrected chi connectivity index (χ1v) is 11.1. The molecule has 0 aliphatic carbocycles. The summed E-state index contributed by atoms with van der Waals surface area (Å²) in [5, 5.41) is 3.23. The second kappa shape index (κ2) is 10.3. The zero-order chi connectivity index (χ0) is 27.6. The number of nitrogens with one attached hydrogen (secondary N) is 2. The number of amides is 1. The Hall–Kier alpha value is -3.76. The number of carbonyl (C=O) groups excluding carboxylic acids is 2. The van der Waals surface area contributed by atoms with Crippen molar-refractivity contribution in [2.24, 2.45) is 0 Å². The Morgan fingerprint density at radius 2 is 1.57 bits per heavy atom. The van der Waals surface area contributed by atoms with Crippen molar-refractivity contribution in [3.05, 3.63) is 77.0 Å². The molecule has 11 heteroatoms. The van der Waals surface area contributed by atoms with E-state index in [0.29, 0.717) is 17.7 Å². The molecular formula is C26H24F6N2O3. The molecule has 0 aliphatic heterocycles. The quantitative estimate of drug-likeness (QED) is 0.271. The highest BCUT2D eigenvalue weighted by atomic mass is 19.4. The molecule has 5 nitrogen and oxygen atoms in total. The van der Waals surface area contributed by atoms with Crippen LogP contribution in [0.1, 0.15) is 43.0 Å². The first kappa shape index (κ1) is 27.8. The number of ketones is 1. The number of fused-ring (bicyclic) bond motifs is 1. The van der Waals surface area contributed by atoms with E-state index in [9.17, 15) is 35.9 Å². The smallest absolute Gasteiger partial charge is 0.416 e. The standard InChI is InChI=1S/C26H24F6N2O3/c1-24(2,3)37-23(36)34-21(12-16-14-33-20-7-5-4-6-19(16)20)22(35)9-8-15-10-17(25(27,28)29)13-18(11-15)26(30,31)32/h4-11,13-14,21,33H,12H2,1-3H3,(H,34,36)/b9-8+. The summed E-state index contributed by atoms with van der Waals surface area (Å²) in [5.74, 6) is -0.748. The second-order valence-corrected chi connectivity index (χ2v) is 9.34. The molecule has 0 saturated heterocycles. The van der Waals surface area contributed by atoms with Gasteiger partial charge >= 0.3 is 18.4 Å². The number of para-hydroxylation sites is 1. The van der Waals surface area contributed by atoms with Gasteiger partial charge in [0.15, 0.2) is 5.78 Å². The Morgan fingerprint density at radius 1 is 0.973 bits per heavy atom. The first-order chi connectivity index (χ1) is 17.0. The molecule has 1 atom stereocenters. The van der Waals surface area contributed by atoms with Crippen LogP contribution in [0.3, 0.4) is 0 Å².